The van der Waals surface area contributed by atoms with Gasteiger partial charge in [-0.15, -0.1) is 5.10 Å². The molecule has 0 aliphatic heterocycles. The van der Waals surface area contributed by atoms with E-state index < -0.39 is 5.91 Å². The first-order valence-electron chi connectivity index (χ1n) is 5.75. The molecule has 1 amide bonds. The fraction of sp³-hybridized carbons (Fsp3) is 0.167. The van der Waals surface area contributed by atoms with Gasteiger partial charge in [-0.1, -0.05) is 16.8 Å². The van der Waals surface area contributed by atoms with Crippen molar-refractivity contribution in [2.45, 2.75) is 6.54 Å². The van der Waals surface area contributed by atoms with Gasteiger partial charge in [0.15, 0.2) is 5.69 Å². The minimum Gasteiger partial charge on any atom is -0.329 e. The first-order valence-corrected chi connectivity index (χ1v) is 6.13. The maximum absolute atomic E-state index is 11.9. The first-order chi connectivity index (χ1) is 9.63. The number of benzene rings is 1. The Kier molecular flexibility index (Phi) is 4.30. The highest BCUT2D eigenvalue weighted by Gasteiger charge is 2.11. The van der Waals surface area contributed by atoms with Gasteiger partial charge in [-0.25, -0.2) is 0 Å². The highest BCUT2D eigenvalue weighted by molar-refractivity contribution is 6.32. The Balaban J connectivity index is 2.11. The summed E-state index contributed by atoms with van der Waals surface area (Å²) in [5.74, 6) is -0.408. The van der Waals surface area contributed by atoms with Gasteiger partial charge in [-0.05, 0) is 18.2 Å². The van der Waals surface area contributed by atoms with Crippen LogP contribution in [-0.2, 0) is 6.54 Å². The summed E-state index contributed by atoms with van der Waals surface area (Å²) in [5, 5.41) is 19.2. The molecule has 0 spiro atoms. The van der Waals surface area contributed by atoms with Crippen molar-refractivity contribution in [2.24, 2.45) is 5.73 Å². The van der Waals surface area contributed by atoms with Crippen LogP contribution in [0.25, 0.3) is 0 Å². The van der Waals surface area contributed by atoms with E-state index in [0.29, 0.717) is 24.3 Å². The van der Waals surface area contributed by atoms with E-state index in [1.165, 1.54) is 23.0 Å². The molecule has 0 atom stereocenters. The summed E-state index contributed by atoms with van der Waals surface area (Å²) in [6.45, 7) is 0.901. The highest BCUT2D eigenvalue weighted by Crippen LogP contribution is 2.20. The molecule has 0 aliphatic rings. The molecule has 20 heavy (non-hydrogen) atoms. The predicted octanol–water partition coefficient (Wildman–Crippen LogP) is 1.01. The molecule has 1 aromatic carbocycles. The van der Waals surface area contributed by atoms with E-state index in [4.69, 9.17) is 22.6 Å². The van der Waals surface area contributed by atoms with E-state index in [2.05, 4.69) is 15.6 Å². The summed E-state index contributed by atoms with van der Waals surface area (Å²) in [6, 6.07) is 6.57. The Morgan fingerprint density at radius 3 is 3.00 bits per heavy atom. The minimum absolute atomic E-state index is 0.180. The van der Waals surface area contributed by atoms with Crippen LogP contribution in [0.1, 0.15) is 16.1 Å². The van der Waals surface area contributed by atoms with Crippen LogP contribution in [0.2, 0.25) is 5.02 Å². The maximum Gasteiger partial charge on any atom is 0.277 e. The van der Waals surface area contributed by atoms with Gasteiger partial charge >= 0.3 is 0 Å². The number of hydrogen-bond donors (Lipinski definition) is 2. The molecular formula is C12H11ClN6O. The van der Waals surface area contributed by atoms with Crippen molar-refractivity contribution in [3.8, 4) is 6.07 Å². The number of amides is 1. The fourth-order valence-corrected chi connectivity index (χ4v) is 1.75. The maximum atomic E-state index is 11.9. The molecule has 0 unspecified atom stereocenters. The molecule has 8 heteroatoms. The second-order valence-electron chi connectivity index (χ2n) is 3.92. The van der Waals surface area contributed by atoms with E-state index in [1.807, 2.05) is 6.07 Å². The molecule has 0 fully saturated rings. The molecule has 0 aliphatic carbocycles. The summed E-state index contributed by atoms with van der Waals surface area (Å²) in [5.41, 5.74) is 6.39. The van der Waals surface area contributed by atoms with Crippen molar-refractivity contribution < 1.29 is 4.79 Å². The summed E-state index contributed by atoms with van der Waals surface area (Å²) < 4.78 is 1.49. The zero-order valence-electron chi connectivity index (χ0n) is 10.4. The normalized spacial score (nSPS) is 10.1. The fourth-order valence-electron chi connectivity index (χ4n) is 1.52. The van der Waals surface area contributed by atoms with Crippen molar-refractivity contribution >= 4 is 23.2 Å². The van der Waals surface area contributed by atoms with Gasteiger partial charge in [0.2, 0.25) is 0 Å². The number of hydrogen-bond acceptors (Lipinski definition) is 5. The van der Waals surface area contributed by atoms with Crippen LogP contribution in [0.15, 0.2) is 24.4 Å². The van der Waals surface area contributed by atoms with Crippen LogP contribution in [0.4, 0.5) is 5.69 Å². The smallest absolute Gasteiger partial charge is 0.277 e. The van der Waals surface area contributed by atoms with Crippen LogP contribution < -0.4 is 11.1 Å². The van der Waals surface area contributed by atoms with E-state index in [1.54, 1.807) is 6.07 Å². The van der Waals surface area contributed by atoms with Crippen molar-refractivity contribution in [1.82, 2.24) is 15.0 Å². The van der Waals surface area contributed by atoms with Gasteiger partial charge in [0.1, 0.15) is 6.07 Å². The number of carbonyl (C=O) groups excluding carboxylic acids is 1. The number of rotatable bonds is 4. The molecule has 3 N–H and O–H groups in total. The van der Waals surface area contributed by atoms with Crippen LogP contribution in [0.3, 0.4) is 0 Å². The van der Waals surface area contributed by atoms with E-state index in [9.17, 15) is 4.79 Å². The third kappa shape index (κ3) is 3.12. The lowest BCUT2D eigenvalue weighted by Gasteiger charge is -2.03. The zero-order valence-corrected chi connectivity index (χ0v) is 11.1. The second-order valence-corrected chi connectivity index (χ2v) is 4.32. The number of nitrogens with two attached hydrogens (primary N) is 1. The van der Waals surface area contributed by atoms with Crippen molar-refractivity contribution in [3.63, 3.8) is 0 Å². The number of anilines is 1. The number of nitrogens with zero attached hydrogens (tertiary/aromatic N) is 4. The van der Waals surface area contributed by atoms with Crippen LogP contribution >= 0.6 is 11.6 Å². The number of carbonyl (C=O) groups is 1. The largest absolute Gasteiger partial charge is 0.329 e. The van der Waals surface area contributed by atoms with E-state index >= 15 is 0 Å². The van der Waals surface area contributed by atoms with Crippen molar-refractivity contribution in [2.75, 3.05) is 11.9 Å². The molecule has 102 valence electrons. The second kappa shape index (κ2) is 6.14. The van der Waals surface area contributed by atoms with Crippen LogP contribution in [0.5, 0.6) is 0 Å². The Hall–Kier alpha value is -2.43. The SMILES string of the molecule is N#Cc1ccc(NC(=O)c2cn(CCN)nn2)cc1Cl. The van der Waals surface area contributed by atoms with Gasteiger partial charge in [0.25, 0.3) is 5.91 Å². The molecule has 1 aromatic heterocycles. The lowest BCUT2D eigenvalue weighted by Crippen LogP contribution is -2.13. The van der Waals surface area contributed by atoms with E-state index in [0.717, 1.165) is 0 Å². The lowest BCUT2D eigenvalue weighted by molar-refractivity contribution is 0.102. The average Bonchev–Trinajstić information content (AvgIpc) is 2.88. The van der Waals surface area contributed by atoms with Gasteiger partial charge < -0.3 is 11.1 Å². The third-order valence-electron chi connectivity index (χ3n) is 2.48. The van der Waals surface area contributed by atoms with Gasteiger partial charge in [0, 0.05) is 12.2 Å². The van der Waals surface area contributed by atoms with Crippen molar-refractivity contribution in [1.29, 1.82) is 5.26 Å². The molecule has 2 aromatic rings. The molecular weight excluding hydrogens is 280 g/mol. The summed E-state index contributed by atoms with van der Waals surface area (Å²) in [4.78, 5) is 11.9. The molecule has 2 rings (SSSR count). The third-order valence-corrected chi connectivity index (χ3v) is 2.79. The molecule has 0 bridgehead atoms. The Morgan fingerprint density at radius 2 is 2.35 bits per heavy atom. The molecule has 1 heterocycles. The summed E-state index contributed by atoms with van der Waals surface area (Å²) in [6.07, 6.45) is 1.51. The van der Waals surface area contributed by atoms with E-state index in [-0.39, 0.29) is 10.7 Å². The molecule has 0 saturated carbocycles. The van der Waals surface area contributed by atoms with Gasteiger partial charge in [-0.3, -0.25) is 9.48 Å². The Morgan fingerprint density at radius 1 is 1.55 bits per heavy atom. The lowest BCUT2D eigenvalue weighted by atomic mass is 10.2. The number of halogens is 1. The van der Waals surface area contributed by atoms with Gasteiger partial charge in [-0.2, -0.15) is 5.26 Å². The monoisotopic (exact) mass is 290 g/mol. The van der Waals surface area contributed by atoms with Gasteiger partial charge in [0.05, 0.1) is 23.3 Å². The molecule has 0 radical (unpaired) electrons. The average molecular weight is 291 g/mol. The summed E-state index contributed by atoms with van der Waals surface area (Å²) in [7, 11) is 0. The number of nitriles is 1. The number of aromatic nitrogens is 3. The molecule has 0 saturated heterocycles. The standard InChI is InChI=1S/C12H11ClN6O/c13-10-5-9(2-1-8(10)6-15)16-12(20)11-7-19(4-3-14)18-17-11/h1-2,5,7H,3-4,14H2,(H,16,20). The van der Waals surface area contributed by atoms with Crippen LogP contribution in [-0.4, -0.2) is 27.4 Å². The first kappa shape index (κ1) is 14.0. The molecule has 7 nitrogen and oxygen atoms in total. The quantitative estimate of drug-likeness (QED) is 0.873. The summed E-state index contributed by atoms with van der Waals surface area (Å²) >= 11 is 5.88. The predicted molar refractivity (Wildman–Crippen MR) is 73.2 cm³/mol. The Bertz CT molecular complexity index is 675. The zero-order chi connectivity index (χ0) is 14.5. The van der Waals surface area contributed by atoms with Crippen molar-refractivity contribution in [3.05, 3.63) is 40.7 Å². The highest BCUT2D eigenvalue weighted by atomic mass is 35.5. The topological polar surface area (TPSA) is 110 Å². The minimum atomic E-state index is -0.408. The van der Waals surface area contributed by atoms with Crippen LogP contribution in [0, 0.1) is 11.3 Å². The Labute approximate surface area is 119 Å². The number of nitrogens with one attached hydrogen (secondary N) is 1.